The average Bonchev–Trinajstić information content (AvgIpc) is 3.28. The standard InChI is InChI=1S/C31H30N4OS/c1-22-7-6-8-25(17-22)21-37-31-34-28-15-16-32-19-29(28)35(31)20-24-11-13-27(14-12-24)30(36)33-18-23(2)26-9-4-3-5-10-26/h3-17,19,23H,18,20-21H2,1-2H3,(H,33,36)/t23-/m1/s1. The zero-order valence-electron chi connectivity index (χ0n) is 21.1. The fraction of sp³-hybridized carbons (Fsp3) is 0.194. The third kappa shape index (κ3) is 6.09. The van der Waals surface area contributed by atoms with Crippen molar-refractivity contribution in [3.8, 4) is 0 Å². The summed E-state index contributed by atoms with van der Waals surface area (Å²) >= 11 is 1.73. The van der Waals surface area contributed by atoms with Gasteiger partial charge < -0.3 is 9.88 Å². The number of carbonyl (C=O) groups is 1. The second-order valence-corrected chi connectivity index (χ2v) is 10.3. The molecule has 3 aromatic carbocycles. The minimum absolute atomic E-state index is 0.0546. The maximum Gasteiger partial charge on any atom is 0.251 e. The van der Waals surface area contributed by atoms with Crippen LogP contribution >= 0.6 is 11.8 Å². The lowest BCUT2D eigenvalue weighted by molar-refractivity contribution is 0.0951. The molecule has 37 heavy (non-hydrogen) atoms. The zero-order valence-corrected chi connectivity index (χ0v) is 21.9. The quantitative estimate of drug-likeness (QED) is 0.228. The van der Waals surface area contributed by atoms with Gasteiger partial charge in [-0.3, -0.25) is 9.78 Å². The van der Waals surface area contributed by atoms with Gasteiger partial charge in [0.2, 0.25) is 0 Å². The maximum atomic E-state index is 12.7. The molecule has 1 amide bonds. The van der Waals surface area contributed by atoms with Crippen molar-refractivity contribution in [2.24, 2.45) is 0 Å². The van der Waals surface area contributed by atoms with Gasteiger partial charge in [-0.05, 0) is 47.7 Å². The first-order valence-corrected chi connectivity index (χ1v) is 13.5. The lowest BCUT2D eigenvalue weighted by atomic mass is 10.0. The van der Waals surface area contributed by atoms with Gasteiger partial charge in [0.25, 0.3) is 5.91 Å². The second-order valence-electron chi connectivity index (χ2n) is 9.34. The number of nitrogens with zero attached hydrogens (tertiary/aromatic N) is 3. The Balaban J connectivity index is 1.28. The van der Waals surface area contributed by atoms with Crippen LogP contribution < -0.4 is 5.32 Å². The van der Waals surface area contributed by atoms with E-state index in [2.05, 4.69) is 65.1 Å². The van der Waals surface area contributed by atoms with Gasteiger partial charge in [-0.1, -0.05) is 91.0 Å². The van der Waals surface area contributed by atoms with E-state index in [1.165, 1.54) is 16.7 Å². The van der Waals surface area contributed by atoms with E-state index in [9.17, 15) is 4.79 Å². The molecule has 5 aromatic rings. The van der Waals surface area contributed by atoms with Crippen molar-refractivity contribution in [2.45, 2.75) is 37.2 Å². The Labute approximate surface area is 222 Å². The van der Waals surface area contributed by atoms with Gasteiger partial charge in [0.1, 0.15) is 0 Å². The van der Waals surface area contributed by atoms with E-state index in [-0.39, 0.29) is 11.8 Å². The Bertz CT molecular complexity index is 1500. The summed E-state index contributed by atoms with van der Waals surface area (Å²) in [7, 11) is 0. The number of hydrogen-bond donors (Lipinski definition) is 1. The molecular weight excluding hydrogens is 476 g/mol. The van der Waals surface area contributed by atoms with E-state index in [4.69, 9.17) is 4.98 Å². The van der Waals surface area contributed by atoms with Crippen molar-refractivity contribution in [3.63, 3.8) is 0 Å². The molecule has 0 bridgehead atoms. The number of aromatic nitrogens is 3. The highest BCUT2D eigenvalue weighted by atomic mass is 32.2. The first-order chi connectivity index (χ1) is 18.1. The predicted molar refractivity (Wildman–Crippen MR) is 151 cm³/mol. The molecule has 186 valence electrons. The Morgan fingerprint density at radius 3 is 2.57 bits per heavy atom. The lowest BCUT2D eigenvalue weighted by Gasteiger charge is -2.13. The number of carbonyl (C=O) groups excluding carboxylic acids is 1. The molecule has 0 radical (unpaired) electrons. The van der Waals surface area contributed by atoms with Gasteiger partial charge in [-0.25, -0.2) is 4.98 Å². The van der Waals surface area contributed by atoms with E-state index >= 15 is 0 Å². The summed E-state index contributed by atoms with van der Waals surface area (Å²) in [6, 6.07) is 28.6. The van der Waals surface area contributed by atoms with Crippen molar-refractivity contribution in [1.82, 2.24) is 19.9 Å². The number of fused-ring (bicyclic) bond motifs is 1. The lowest BCUT2D eigenvalue weighted by Crippen LogP contribution is -2.27. The summed E-state index contributed by atoms with van der Waals surface area (Å²) in [5, 5.41) is 4.03. The molecule has 0 aliphatic rings. The number of pyridine rings is 1. The predicted octanol–water partition coefficient (Wildman–Crippen LogP) is 6.61. The van der Waals surface area contributed by atoms with Crippen molar-refractivity contribution in [1.29, 1.82) is 0 Å². The van der Waals surface area contributed by atoms with Crippen LogP contribution in [0, 0.1) is 6.92 Å². The number of nitrogens with one attached hydrogen (secondary N) is 1. The van der Waals surface area contributed by atoms with Crippen molar-refractivity contribution in [2.75, 3.05) is 6.54 Å². The molecule has 6 heteroatoms. The number of thioether (sulfide) groups is 1. The maximum absolute atomic E-state index is 12.7. The van der Waals surface area contributed by atoms with Crippen LogP contribution in [0.25, 0.3) is 11.0 Å². The Morgan fingerprint density at radius 2 is 1.78 bits per heavy atom. The van der Waals surface area contributed by atoms with Gasteiger partial charge in [0.15, 0.2) is 5.16 Å². The van der Waals surface area contributed by atoms with Gasteiger partial charge >= 0.3 is 0 Å². The van der Waals surface area contributed by atoms with Crippen LogP contribution in [0.3, 0.4) is 0 Å². The number of aryl methyl sites for hydroxylation is 1. The van der Waals surface area contributed by atoms with E-state index < -0.39 is 0 Å². The average molecular weight is 507 g/mol. The fourth-order valence-electron chi connectivity index (χ4n) is 4.35. The summed E-state index contributed by atoms with van der Waals surface area (Å²) in [5.41, 5.74) is 7.46. The number of amides is 1. The van der Waals surface area contributed by atoms with Gasteiger partial charge in [-0.15, -0.1) is 0 Å². The van der Waals surface area contributed by atoms with E-state index in [1.807, 2.05) is 54.7 Å². The molecule has 2 heterocycles. The molecule has 5 rings (SSSR count). The molecule has 0 saturated carbocycles. The van der Waals surface area contributed by atoms with E-state index in [0.717, 1.165) is 27.5 Å². The first kappa shape index (κ1) is 24.8. The molecule has 5 nitrogen and oxygen atoms in total. The topological polar surface area (TPSA) is 59.8 Å². The van der Waals surface area contributed by atoms with Crippen LogP contribution in [0.2, 0.25) is 0 Å². The smallest absolute Gasteiger partial charge is 0.251 e. The molecule has 1 N–H and O–H groups in total. The third-order valence-electron chi connectivity index (χ3n) is 6.46. The molecule has 0 unspecified atom stereocenters. The number of benzene rings is 3. The Hall–Kier alpha value is -3.90. The zero-order chi connectivity index (χ0) is 25.6. The highest BCUT2D eigenvalue weighted by Crippen LogP contribution is 2.27. The molecule has 0 aliphatic carbocycles. The van der Waals surface area contributed by atoms with Crippen LogP contribution in [0.15, 0.2) is 102 Å². The molecule has 0 saturated heterocycles. The van der Waals surface area contributed by atoms with Gasteiger partial charge in [0.05, 0.1) is 23.8 Å². The molecule has 1 atom stereocenters. The molecule has 0 spiro atoms. The summed E-state index contributed by atoms with van der Waals surface area (Å²) < 4.78 is 2.21. The van der Waals surface area contributed by atoms with Crippen molar-refractivity contribution >= 4 is 28.7 Å². The minimum atomic E-state index is -0.0546. The third-order valence-corrected chi connectivity index (χ3v) is 7.51. The second kappa shape index (κ2) is 11.4. The monoisotopic (exact) mass is 506 g/mol. The van der Waals surface area contributed by atoms with Gasteiger partial charge in [-0.2, -0.15) is 0 Å². The Kier molecular flexibility index (Phi) is 7.66. The van der Waals surface area contributed by atoms with Crippen LogP contribution in [-0.4, -0.2) is 27.0 Å². The summed E-state index contributed by atoms with van der Waals surface area (Å²) in [5.74, 6) is 1.04. The van der Waals surface area contributed by atoms with E-state index in [0.29, 0.717) is 18.7 Å². The van der Waals surface area contributed by atoms with Gasteiger partial charge in [0, 0.05) is 24.1 Å². The summed E-state index contributed by atoms with van der Waals surface area (Å²) in [4.78, 5) is 22.0. The minimum Gasteiger partial charge on any atom is -0.351 e. The SMILES string of the molecule is Cc1cccc(CSc2nc3ccncc3n2Cc2ccc(C(=O)NC[C@@H](C)c3ccccc3)cc2)c1. The normalized spacial score (nSPS) is 11.9. The number of rotatable bonds is 9. The molecule has 0 aliphatic heterocycles. The molecular formula is C31H30N4OS. The highest BCUT2D eigenvalue weighted by molar-refractivity contribution is 7.98. The van der Waals surface area contributed by atoms with Crippen molar-refractivity contribution in [3.05, 3.63) is 125 Å². The molecule has 2 aromatic heterocycles. The summed E-state index contributed by atoms with van der Waals surface area (Å²) in [6.07, 6.45) is 3.65. The summed E-state index contributed by atoms with van der Waals surface area (Å²) in [6.45, 7) is 5.49. The van der Waals surface area contributed by atoms with E-state index in [1.54, 1.807) is 18.0 Å². The van der Waals surface area contributed by atoms with Crippen molar-refractivity contribution < 1.29 is 4.79 Å². The van der Waals surface area contributed by atoms with Crippen LogP contribution in [0.1, 0.15) is 45.5 Å². The largest absolute Gasteiger partial charge is 0.351 e. The van der Waals surface area contributed by atoms with Crippen LogP contribution in [0.4, 0.5) is 0 Å². The number of imidazole rings is 1. The Morgan fingerprint density at radius 1 is 0.973 bits per heavy atom. The van der Waals surface area contributed by atoms with Crippen LogP contribution in [-0.2, 0) is 12.3 Å². The fourth-order valence-corrected chi connectivity index (χ4v) is 5.31. The molecule has 0 fully saturated rings. The highest BCUT2D eigenvalue weighted by Gasteiger charge is 2.14. The first-order valence-electron chi connectivity index (χ1n) is 12.5. The van der Waals surface area contributed by atoms with Crippen LogP contribution in [0.5, 0.6) is 0 Å². The number of hydrogen-bond acceptors (Lipinski definition) is 4.